The van der Waals surface area contributed by atoms with Crippen molar-refractivity contribution in [3.05, 3.63) is 47.5 Å². The minimum absolute atomic E-state index is 0.103. The summed E-state index contributed by atoms with van der Waals surface area (Å²) in [7, 11) is 4.46. The topological polar surface area (TPSA) is 32.3 Å². The molecule has 1 aromatic rings. The van der Waals surface area contributed by atoms with Gasteiger partial charge in [0.15, 0.2) is 0 Å². The Morgan fingerprint density at radius 3 is 2.52 bits per heavy atom. The molecule has 0 aliphatic heterocycles. The molecule has 0 saturated heterocycles. The van der Waals surface area contributed by atoms with Gasteiger partial charge in [0, 0.05) is 17.6 Å². The smallest absolute Gasteiger partial charge is 0.251 e. The van der Waals surface area contributed by atoms with Gasteiger partial charge in [0.1, 0.15) is 0 Å². The van der Waals surface area contributed by atoms with Crippen LogP contribution in [0.25, 0.3) is 0 Å². The Hall–Kier alpha value is -1.61. The van der Waals surface area contributed by atoms with Gasteiger partial charge in [-0.05, 0) is 119 Å². The fraction of sp³-hybridized carbons (Fsp3) is 0.700. The highest BCUT2D eigenvalue weighted by Crippen LogP contribution is 2.66. The number of nitrogens with one attached hydrogen (secondary N) is 1. The number of carbonyl (C=O) groups excluding carboxylic acids is 1. The van der Waals surface area contributed by atoms with Crippen LogP contribution in [0.4, 0.5) is 0 Å². The molecule has 3 heteroatoms. The molecular formula is C30H44N2O. The van der Waals surface area contributed by atoms with Gasteiger partial charge in [-0.1, -0.05) is 43.7 Å². The van der Waals surface area contributed by atoms with Crippen LogP contribution in [-0.2, 0) is 0 Å². The van der Waals surface area contributed by atoms with Crippen molar-refractivity contribution in [2.24, 2.45) is 34.5 Å². The van der Waals surface area contributed by atoms with E-state index in [1.54, 1.807) is 5.57 Å². The average Bonchev–Trinajstić information content (AvgIpc) is 3.16. The highest BCUT2D eigenvalue weighted by molar-refractivity contribution is 5.94. The van der Waals surface area contributed by atoms with E-state index in [-0.39, 0.29) is 5.91 Å². The predicted molar refractivity (Wildman–Crippen MR) is 136 cm³/mol. The summed E-state index contributed by atoms with van der Waals surface area (Å²) in [5, 5.41) is 3.38. The minimum atomic E-state index is 0.103. The molecule has 0 heterocycles. The van der Waals surface area contributed by atoms with Crippen molar-refractivity contribution in [1.29, 1.82) is 0 Å². The number of hydrogen-bond donors (Lipinski definition) is 1. The number of likely N-dealkylation sites (N-methyl/N-ethyl adjacent to an activating group) is 1. The molecule has 0 spiro atoms. The summed E-state index contributed by atoms with van der Waals surface area (Å²) in [6.45, 7) is 7.62. The van der Waals surface area contributed by atoms with Gasteiger partial charge in [-0.3, -0.25) is 4.79 Å². The third-order valence-electron chi connectivity index (χ3n) is 10.9. The maximum atomic E-state index is 12.8. The highest BCUT2D eigenvalue weighted by Gasteiger charge is 2.59. The van der Waals surface area contributed by atoms with Crippen LogP contribution in [0.5, 0.6) is 0 Å². The molecule has 3 nitrogen and oxygen atoms in total. The molecule has 5 rings (SSSR count). The van der Waals surface area contributed by atoms with Crippen molar-refractivity contribution in [3.63, 3.8) is 0 Å². The van der Waals surface area contributed by atoms with Crippen LogP contribution >= 0.6 is 0 Å². The lowest BCUT2D eigenvalue weighted by Crippen LogP contribution is -2.55. The maximum Gasteiger partial charge on any atom is 0.251 e. The molecule has 0 bridgehead atoms. The van der Waals surface area contributed by atoms with Crippen molar-refractivity contribution >= 4 is 5.91 Å². The van der Waals surface area contributed by atoms with E-state index in [0.717, 1.165) is 35.7 Å². The van der Waals surface area contributed by atoms with Gasteiger partial charge in [-0.15, -0.1) is 0 Å². The SMILES string of the molecule is C[C@@H](C1=CC[C@H]2[C@@H]3CC[C@H]4C[C@@H](NC(=O)c5ccccc5)CC[C@]4(C)[C@H]3CC[C@]12C)N(C)C. The summed E-state index contributed by atoms with van der Waals surface area (Å²) >= 11 is 0. The van der Waals surface area contributed by atoms with Crippen LogP contribution in [0.15, 0.2) is 42.0 Å². The fourth-order valence-electron chi connectivity index (χ4n) is 8.77. The number of rotatable bonds is 4. The molecule has 1 aromatic carbocycles. The normalized spacial score (nSPS) is 40.9. The second kappa shape index (κ2) is 8.56. The summed E-state index contributed by atoms with van der Waals surface area (Å²) < 4.78 is 0. The summed E-state index contributed by atoms with van der Waals surface area (Å²) in [6.07, 6.45) is 13.0. The standard InChI is InChI=1S/C30H44N2O/c1-20(32(4)5)25-13-14-26-24-12-11-22-19-23(31-28(33)21-9-7-6-8-10-21)15-17-29(22,2)27(24)16-18-30(25,26)3/h6-10,13,20,22-24,26-27H,11-12,14-19H2,1-5H3,(H,31,33)/t20-,22-,23-,24-,26-,27-,29-,30+/m0/s1. The van der Waals surface area contributed by atoms with Crippen LogP contribution < -0.4 is 5.32 Å². The Morgan fingerprint density at radius 2 is 1.79 bits per heavy atom. The summed E-state index contributed by atoms with van der Waals surface area (Å²) in [4.78, 5) is 15.2. The van der Waals surface area contributed by atoms with Crippen molar-refractivity contribution in [2.75, 3.05) is 14.1 Å². The first-order valence-corrected chi connectivity index (χ1v) is 13.5. The molecule has 0 radical (unpaired) electrons. The van der Waals surface area contributed by atoms with Crippen molar-refractivity contribution in [2.45, 2.75) is 84.2 Å². The van der Waals surface area contributed by atoms with E-state index in [1.807, 2.05) is 30.3 Å². The second-order valence-corrected chi connectivity index (χ2v) is 12.5. The van der Waals surface area contributed by atoms with Crippen LogP contribution in [0.1, 0.15) is 82.5 Å². The molecule has 0 aromatic heterocycles. The van der Waals surface area contributed by atoms with Gasteiger partial charge >= 0.3 is 0 Å². The zero-order chi connectivity index (χ0) is 23.4. The van der Waals surface area contributed by atoms with E-state index in [2.05, 4.69) is 51.2 Å². The minimum Gasteiger partial charge on any atom is -0.349 e. The molecule has 180 valence electrons. The van der Waals surface area contributed by atoms with Crippen molar-refractivity contribution in [1.82, 2.24) is 10.2 Å². The molecule has 4 aliphatic rings. The number of carbonyl (C=O) groups is 1. The van der Waals surface area contributed by atoms with Crippen LogP contribution in [-0.4, -0.2) is 37.0 Å². The number of allylic oxidation sites excluding steroid dienone is 1. The largest absolute Gasteiger partial charge is 0.349 e. The molecular weight excluding hydrogens is 404 g/mol. The first kappa shape index (κ1) is 23.1. The zero-order valence-corrected chi connectivity index (χ0v) is 21.4. The number of nitrogens with zero attached hydrogens (tertiary/aromatic N) is 1. The van der Waals surface area contributed by atoms with Crippen molar-refractivity contribution in [3.8, 4) is 0 Å². The van der Waals surface area contributed by atoms with Gasteiger partial charge < -0.3 is 10.2 Å². The third-order valence-corrected chi connectivity index (χ3v) is 10.9. The first-order valence-electron chi connectivity index (χ1n) is 13.5. The number of benzene rings is 1. The molecule has 4 aliphatic carbocycles. The number of fused-ring (bicyclic) bond motifs is 5. The lowest BCUT2D eigenvalue weighted by Gasteiger charge is -2.61. The maximum absolute atomic E-state index is 12.8. The van der Waals surface area contributed by atoms with Gasteiger partial charge in [-0.2, -0.15) is 0 Å². The Bertz CT molecular complexity index is 907. The van der Waals surface area contributed by atoms with Crippen LogP contribution in [0.3, 0.4) is 0 Å². The van der Waals surface area contributed by atoms with E-state index in [0.29, 0.717) is 22.9 Å². The van der Waals surface area contributed by atoms with Gasteiger partial charge in [0.05, 0.1) is 0 Å². The molecule has 1 amide bonds. The van der Waals surface area contributed by atoms with E-state index in [4.69, 9.17) is 0 Å². The van der Waals surface area contributed by atoms with Gasteiger partial charge in [0.25, 0.3) is 5.91 Å². The Balaban J connectivity index is 1.28. The summed E-state index contributed by atoms with van der Waals surface area (Å²) in [5.41, 5.74) is 3.36. The quantitative estimate of drug-likeness (QED) is 0.547. The summed E-state index contributed by atoms with van der Waals surface area (Å²) in [5.74, 6) is 3.44. The Labute approximate surface area is 201 Å². The second-order valence-electron chi connectivity index (χ2n) is 12.5. The zero-order valence-electron chi connectivity index (χ0n) is 21.4. The van der Waals surface area contributed by atoms with E-state index >= 15 is 0 Å². The van der Waals surface area contributed by atoms with E-state index in [9.17, 15) is 4.79 Å². The Morgan fingerprint density at radius 1 is 1.03 bits per heavy atom. The number of amides is 1. The van der Waals surface area contributed by atoms with Gasteiger partial charge in [0.2, 0.25) is 0 Å². The molecule has 3 saturated carbocycles. The molecule has 3 fully saturated rings. The average molecular weight is 449 g/mol. The third kappa shape index (κ3) is 3.79. The molecule has 33 heavy (non-hydrogen) atoms. The van der Waals surface area contributed by atoms with Crippen LogP contribution in [0, 0.1) is 34.5 Å². The molecule has 8 atom stereocenters. The van der Waals surface area contributed by atoms with Gasteiger partial charge in [-0.25, -0.2) is 0 Å². The monoisotopic (exact) mass is 448 g/mol. The predicted octanol–water partition coefficient (Wildman–Crippen LogP) is 6.31. The lowest BCUT2D eigenvalue weighted by atomic mass is 9.44. The van der Waals surface area contributed by atoms with Crippen molar-refractivity contribution < 1.29 is 4.79 Å². The lowest BCUT2D eigenvalue weighted by molar-refractivity contribution is -0.104. The molecule has 1 N–H and O–H groups in total. The highest BCUT2D eigenvalue weighted by atomic mass is 16.1. The molecule has 0 unspecified atom stereocenters. The fourth-order valence-corrected chi connectivity index (χ4v) is 8.77. The Kier molecular flexibility index (Phi) is 6.00. The summed E-state index contributed by atoms with van der Waals surface area (Å²) in [6, 6.07) is 10.6. The van der Waals surface area contributed by atoms with E-state index in [1.165, 1.54) is 44.9 Å². The number of hydrogen-bond acceptors (Lipinski definition) is 2. The first-order chi connectivity index (χ1) is 15.7. The van der Waals surface area contributed by atoms with E-state index < -0.39 is 0 Å². The van der Waals surface area contributed by atoms with Crippen LogP contribution in [0.2, 0.25) is 0 Å².